The summed E-state index contributed by atoms with van der Waals surface area (Å²) >= 11 is 0. The van der Waals surface area contributed by atoms with Crippen LogP contribution in [0.25, 0.3) is 0 Å². The molecule has 0 aliphatic heterocycles. The van der Waals surface area contributed by atoms with Crippen molar-refractivity contribution >= 4 is 5.91 Å². The minimum absolute atomic E-state index is 0.193. The minimum Gasteiger partial charge on any atom is -0.349 e. The van der Waals surface area contributed by atoms with E-state index in [0.29, 0.717) is 12.5 Å². The van der Waals surface area contributed by atoms with Crippen molar-refractivity contribution in [3.05, 3.63) is 0 Å². The van der Waals surface area contributed by atoms with E-state index in [9.17, 15) is 4.79 Å². The molecule has 0 radical (unpaired) electrons. The minimum atomic E-state index is 0.193. The van der Waals surface area contributed by atoms with Crippen molar-refractivity contribution in [3.8, 4) is 0 Å². The van der Waals surface area contributed by atoms with Crippen LogP contribution in [0.5, 0.6) is 0 Å². The lowest BCUT2D eigenvalue weighted by Gasteiger charge is -2.15. The third kappa shape index (κ3) is 5.64. The Morgan fingerprint density at radius 1 is 1.31 bits per heavy atom. The third-order valence-electron chi connectivity index (χ3n) is 2.26. The summed E-state index contributed by atoms with van der Waals surface area (Å²) in [6, 6.07) is 0.565. The topological polar surface area (TPSA) is 32.3 Å². The molecule has 3 nitrogen and oxygen atoms in total. The molecule has 0 aromatic carbocycles. The van der Waals surface area contributed by atoms with Gasteiger partial charge in [0.25, 0.3) is 0 Å². The summed E-state index contributed by atoms with van der Waals surface area (Å²) in [7, 11) is 3.58. The van der Waals surface area contributed by atoms with Gasteiger partial charge in [-0.05, 0) is 12.8 Å². The Morgan fingerprint density at radius 2 is 1.85 bits per heavy atom. The number of hydrogen-bond acceptors (Lipinski definition) is 2. The number of amides is 1. The maximum Gasteiger partial charge on any atom is 0.223 e. The smallest absolute Gasteiger partial charge is 0.223 e. The molecule has 1 amide bonds. The maximum absolute atomic E-state index is 11.2. The summed E-state index contributed by atoms with van der Waals surface area (Å²) in [6.07, 6.45) is 2.86. The van der Waals surface area contributed by atoms with Gasteiger partial charge in [-0.25, -0.2) is 0 Å². The van der Waals surface area contributed by atoms with Crippen LogP contribution in [-0.4, -0.2) is 37.5 Å². The fourth-order valence-electron chi connectivity index (χ4n) is 1.18. The van der Waals surface area contributed by atoms with Crippen LogP contribution in [0.1, 0.15) is 33.1 Å². The highest BCUT2D eigenvalue weighted by molar-refractivity contribution is 5.75. The predicted molar refractivity (Wildman–Crippen MR) is 55.7 cm³/mol. The Balaban J connectivity index is 3.49. The van der Waals surface area contributed by atoms with Crippen molar-refractivity contribution < 1.29 is 4.79 Å². The van der Waals surface area contributed by atoms with E-state index >= 15 is 0 Å². The average Bonchev–Trinajstić information content (AvgIpc) is 2.12. The van der Waals surface area contributed by atoms with Gasteiger partial charge in [-0.3, -0.25) is 4.79 Å². The van der Waals surface area contributed by atoms with E-state index in [2.05, 4.69) is 19.2 Å². The van der Waals surface area contributed by atoms with E-state index in [4.69, 9.17) is 0 Å². The number of carbonyl (C=O) groups excluding carboxylic acids is 1. The van der Waals surface area contributed by atoms with Crippen LogP contribution in [0.15, 0.2) is 0 Å². The van der Waals surface area contributed by atoms with E-state index < -0.39 is 0 Å². The fourth-order valence-corrected chi connectivity index (χ4v) is 1.18. The highest BCUT2D eigenvalue weighted by Crippen LogP contribution is 1.96. The maximum atomic E-state index is 11.2. The molecule has 0 aromatic heterocycles. The molecule has 0 aromatic rings. The van der Waals surface area contributed by atoms with Crippen molar-refractivity contribution in [2.45, 2.75) is 39.2 Å². The summed E-state index contributed by atoms with van der Waals surface area (Å²) in [5, 5.41) is 3.36. The summed E-state index contributed by atoms with van der Waals surface area (Å²) in [6.45, 7) is 5.12. The van der Waals surface area contributed by atoms with Gasteiger partial charge in [0, 0.05) is 33.1 Å². The van der Waals surface area contributed by atoms with Gasteiger partial charge in [-0.2, -0.15) is 0 Å². The summed E-state index contributed by atoms with van der Waals surface area (Å²) in [5.74, 6) is 0.193. The molecule has 1 N–H and O–H groups in total. The van der Waals surface area contributed by atoms with Crippen LogP contribution in [0.3, 0.4) is 0 Å². The fraction of sp³-hybridized carbons (Fsp3) is 0.900. The molecule has 0 rings (SSSR count). The SMILES string of the molecule is CCC(CC)NCCC(=O)N(C)C. The van der Waals surface area contributed by atoms with Crippen LogP contribution in [0.4, 0.5) is 0 Å². The van der Waals surface area contributed by atoms with Gasteiger partial charge in [0.05, 0.1) is 0 Å². The van der Waals surface area contributed by atoms with Crippen LogP contribution in [0.2, 0.25) is 0 Å². The highest BCUT2D eigenvalue weighted by atomic mass is 16.2. The van der Waals surface area contributed by atoms with Crippen molar-refractivity contribution in [3.63, 3.8) is 0 Å². The summed E-state index contributed by atoms with van der Waals surface area (Å²) in [5.41, 5.74) is 0. The van der Waals surface area contributed by atoms with E-state index in [1.165, 1.54) is 0 Å². The first kappa shape index (κ1) is 12.4. The van der Waals surface area contributed by atoms with Gasteiger partial charge >= 0.3 is 0 Å². The molecule has 0 heterocycles. The van der Waals surface area contributed by atoms with Gasteiger partial charge in [0.2, 0.25) is 5.91 Å². The summed E-state index contributed by atoms with van der Waals surface area (Å²) in [4.78, 5) is 12.8. The third-order valence-corrected chi connectivity index (χ3v) is 2.26. The molecule has 78 valence electrons. The second-order valence-electron chi connectivity index (χ2n) is 3.51. The lowest BCUT2D eigenvalue weighted by Crippen LogP contribution is -2.32. The predicted octanol–water partition coefficient (Wildman–Crippen LogP) is 1.24. The average molecular weight is 186 g/mol. The largest absolute Gasteiger partial charge is 0.349 e. The molecule has 0 aliphatic rings. The van der Waals surface area contributed by atoms with Crippen LogP contribution >= 0.6 is 0 Å². The molecule has 0 unspecified atom stereocenters. The number of nitrogens with one attached hydrogen (secondary N) is 1. The van der Waals surface area contributed by atoms with Crippen molar-refractivity contribution in [1.82, 2.24) is 10.2 Å². The van der Waals surface area contributed by atoms with Crippen molar-refractivity contribution in [1.29, 1.82) is 0 Å². The molecule has 0 saturated heterocycles. The zero-order chi connectivity index (χ0) is 10.3. The first-order valence-electron chi connectivity index (χ1n) is 5.05. The number of rotatable bonds is 6. The Morgan fingerprint density at radius 3 is 2.23 bits per heavy atom. The highest BCUT2D eigenvalue weighted by Gasteiger charge is 2.05. The Kier molecular flexibility index (Phi) is 6.59. The van der Waals surface area contributed by atoms with Gasteiger partial charge in [-0.1, -0.05) is 13.8 Å². The molecule has 0 saturated carbocycles. The zero-order valence-electron chi connectivity index (χ0n) is 9.26. The molecular formula is C10H22N2O. The lowest BCUT2D eigenvalue weighted by atomic mass is 10.2. The molecule has 0 bridgehead atoms. The number of hydrogen-bond donors (Lipinski definition) is 1. The van der Waals surface area contributed by atoms with E-state index in [1.807, 2.05) is 0 Å². The standard InChI is InChI=1S/C10H22N2O/c1-5-9(6-2)11-8-7-10(13)12(3)4/h9,11H,5-8H2,1-4H3. The molecule has 3 heteroatoms. The quantitative estimate of drug-likeness (QED) is 0.677. The Labute approximate surface area is 81.5 Å². The molecule has 0 spiro atoms. The first-order chi connectivity index (χ1) is 6.11. The van der Waals surface area contributed by atoms with Crippen LogP contribution in [0, 0.1) is 0 Å². The second kappa shape index (κ2) is 6.89. The normalized spacial score (nSPS) is 10.5. The zero-order valence-corrected chi connectivity index (χ0v) is 9.26. The molecule has 0 aliphatic carbocycles. The van der Waals surface area contributed by atoms with Gasteiger partial charge in [0.1, 0.15) is 0 Å². The molecule has 0 fully saturated rings. The van der Waals surface area contributed by atoms with E-state index in [0.717, 1.165) is 19.4 Å². The number of nitrogens with zero attached hydrogens (tertiary/aromatic N) is 1. The molecule has 0 atom stereocenters. The van der Waals surface area contributed by atoms with Gasteiger partial charge < -0.3 is 10.2 Å². The van der Waals surface area contributed by atoms with Crippen molar-refractivity contribution in [2.75, 3.05) is 20.6 Å². The second-order valence-corrected chi connectivity index (χ2v) is 3.51. The Bertz CT molecular complexity index is 142. The van der Waals surface area contributed by atoms with E-state index in [-0.39, 0.29) is 5.91 Å². The molecule has 13 heavy (non-hydrogen) atoms. The lowest BCUT2D eigenvalue weighted by molar-refractivity contribution is -0.128. The molecular weight excluding hydrogens is 164 g/mol. The van der Waals surface area contributed by atoms with Crippen LogP contribution < -0.4 is 5.32 Å². The first-order valence-corrected chi connectivity index (χ1v) is 5.05. The van der Waals surface area contributed by atoms with Crippen molar-refractivity contribution in [2.24, 2.45) is 0 Å². The van der Waals surface area contributed by atoms with Gasteiger partial charge in [0.15, 0.2) is 0 Å². The Hall–Kier alpha value is -0.570. The summed E-state index contributed by atoms with van der Waals surface area (Å²) < 4.78 is 0. The van der Waals surface area contributed by atoms with Crippen LogP contribution in [-0.2, 0) is 4.79 Å². The van der Waals surface area contributed by atoms with Gasteiger partial charge in [-0.15, -0.1) is 0 Å². The monoisotopic (exact) mass is 186 g/mol. The number of carbonyl (C=O) groups is 1. The van der Waals surface area contributed by atoms with E-state index in [1.54, 1.807) is 19.0 Å².